The van der Waals surface area contributed by atoms with Gasteiger partial charge in [0.1, 0.15) is 5.75 Å². The first-order valence-electron chi connectivity index (χ1n) is 7.95. The van der Waals surface area contributed by atoms with E-state index < -0.39 is 6.36 Å². The van der Waals surface area contributed by atoms with E-state index in [4.69, 9.17) is 5.73 Å². The number of ether oxygens (including phenoxy) is 1. The molecule has 26 heavy (non-hydrogen) atoms. The van der Waals surface area contributed by atoms with E-state index in [1.54, 1.807) is 23.6 Å². The molecule has 0 aliphatic carbocycles. The second-order valence-corrected chi connectivity index (χ2v) is 6.49. The number of hydrogen-bond acceptors (Lipinski definition) is 5. The van der Waals surface area contributed by atoms with Crippen LogP contribution in [0, 0.1) is 0 Å². The number of guanidine groups is 1. The fourth-order valence-corrected chi connectivity index (χ4v) is 3.32. The zero-order valence-corrected chi connectivity index (χ0v) is 14.6. The smallest absolute Gasteiger partial charge is 0.405 e. The summed E-state index contributed by atoms with van der Waals surface area (Å²) < 4.78 is 41.4. The average molecular weight is 385 g/mol. The van der Waals surface area contributed by atoms with Crippen LogP contribution in [-0.2, 0) is 6.54 Å². The molecule has 6 nitrogen and oxygen atoms in total. The Kier molecular flexibility index (Phi) is 5.50. The highest BCUT2D eigenvalue weighted by Crippen LogP contribution is 2.26. The van der Waals surface area contributed by atoms with Crippen LogP contribution in [0.4, 0.5) is 18.3 Å². The van der Waals surface area contributed by atoms with Gasteiger partial charge in [-0.2, -0.15) is 0 Å². The summed E-state index contributed by atoms with van der Waals surface area (Å²) in [5, 5.41) is 2.90. The number of hydrogen-bond donors (Lipinski definition) is 1. The summed E-state index contributed by atoms with van der Waals surface area (Å²) in [4.78, 5) is 12.6. The fraction of sp³-hybridized carbons (Fsp3) is 0.375. The van der Waals surface area contributed by atoms with Gasteiger partial charge in [0.25, 0.3) is 0 Å². The SMILES string of the molecule is NC(=NCc1ccccc1OC(F)(F)F)N1CCN(c2nccs2)CC1. The van der Waals surface area contributed by atoms with Crippen LogP contribution in [0.2, 0.25) is 0 Å². The van der Waals surface area contributed by atoms with Crippen LogP contribution < -0.4 is 15.4 Å². The van der Waals surface area contributed by atoms with Gasteiger partial charge in [0.2, 0.25) is 0 Å². The van der Waals surface area contributed by atoms with Gasteiger partial charge in [0.05, 0.1) is 6.54 Å². The van der Waals surface area contributed by atoms with Gasteiger partial charge in [-0.3, -0.25) is 0 Å². The predicted octanol–water partition coefficient (Wildman–Crippen LogP) is 2.68. The van der Waals surface area contributed by atoms with Crippen molar-refractivity contribution in [1.82, 2.24) is 9.88 Å². The van der Waals surface area contributed by atoms with Crippen LogP contribution in [0.15, 0.2) is 40.8 Å². The van der Waals surface area contributed by atoms with Gasteiger partial charge in [-0.1, -0.05) is 18.2 Å². The summed E-state index contributed by atoms with van der Waals surface area (Å²) in [5.41, 5.74) is 6.35. The van der Waals surface area contributed by atoms with Crippen molar-refractivity contribution in [2.75, 3.05) is 31.1 Å². The van der Waals surface area contributed by atoms with Crippen molar-refractivity contribution >= 4 is 22.4 Å². The van der Waals surface area contributed by atoms with Gasteiger partial charge in [0, 0.05) is 43.3 Å². The number of piperazine rings is 1. The molecule has 1 saturated heterocycles. The molecule has 0 spiro atoms. The molecule has 0 atom stereocenters. The lowest BCUT2D eigenvalue weighted by atomic mass is 10.2. The second-order valence-electron chi connectivity index (χ2n) is 5.62. The van der Waals surface area contributed by atoms with E-state index in [2.05, 4.69) is 19.6 Å². The third kappa shape index (κ3) is 4.78. The van der Waals surface area contributed by atoms with E-state index in [1.807, 2.05) is 10.3 Å². The third-order valence-corrected chi connectivity index (χ3v) is 4.74. The van der Waals surface area contributed by atoms with Gasteiger partial charge < -0.3 is 20.3 Å². The van der Waals surface area contributed by atoms with Gasteiger partial charge >= 0.3 is 6.36 Å². The number of aromatic nitrogens is 1. The number of benzene rings is 1. The van der Waals surface area contributed by atoms with E-state index in [9.17, 15) is 13.2 Å². The highest BCUT2D eigenvalue weighted by Gasteiger charge is 2.32. The largest absolute Gasteiger partial charge is 0.573 e. The van der Waals surface area contributed by atoms with Crippen molar-refractivity contribution in [1.29, 1.82) is 0 Å². The molecule has 1 aliphatic heterocycles. The Morgan fingerprint density at radius 2 is 1.96 bits per heavy atom. The number of nitrogens with two attached hydrogens (primary N) is 1. The zero-order valence-electron chi connectivity index (χ0n) is 13.8. The third-order valence-electron chi connectivity index (χ3n) is 3.90. The van der Waals surface area contributed by atoms with E-state index in [1.165, 1.54) is 18.2 Å². The molecular weight excluding hydrogens is 367 g/mol. The maximum absolute atomic E-state index is 12.5. The van der Waals surface area contributed by atoms with E-state index in [0.29, 0.717) is 24.6 Å². The van der Waals surface area contributed by atoms with Crippen LogP contribution in [0.5, 0.6) is 5.75 Å². The average Bonchev–Trinajstić information content (AvgIpc) is 3.14. The number of rotatable bonds is 4. The van der Waals surface area contributed by atoms with E-state index in [0.717, 1.165) is 18.2 Å². The van der Waals surface area contributed by atoms with Gasteiger partial charge in [0.15, 0.2) is 11.1 Å². The monoisotopic (exact) mass is 385 g/mol. The zero-order chi connectivity index (χ0) is 18.6. The van der Waals surface area contributed by atoms with Crippen LogP contribution in [-0.4, -0.2) is 48.4 Å². The number of anilines is 1. The topological polar surface area (TPSA) is 67.0 Å². The highest BCUT2D eigenvalue weighted by molar-refractivity contribution is 7.13. The Morgan fingerprint density at radius 3 is 2.62 bits per heavy atom. The number of aliphatic imine (C=N–C) groups is 1. The van der Waals surface area contributed by atoms with Crippen molar-refractivity contribution in [2.45, 2.75) is 12.9 Å². The Balaban J connectivity index is 1.59. The second kappa shape index (κ2) is 7.81. The Labute approximate surface area is 152 Å². The van der Waals surface area contributed by atoms with Gasteiger partial charge in [-0.05, 0) is 6.07 Å². The molecule has 1 aliphatic rings. The lowest BCUT2D eigenvalue weighted by molar-refractivity contribution is -0.274. The predicted molar refractivity (Wildman–Crippen MR) is 94.4 cm³/mol. The molecule has 1 aromatic carbocycles. The summed E-state index contributed by atoms with van der Waals surface area (Å²) in [6.07, 6.45) is -2.97. The van der Waals surface area contributed by atoms with Gasteiger partial charge in [-0.25, -0.2) is 9.98 Å². The van der Waals surface area contributed by atoms with E-state index in [-0.39, 0.29) is 12.3 Å². The van der Waals surface area contributed by atoms with Crippen molar-refractivity contribution < 1.29 is 17.9 Å². The Bertz CT molecular complexity index is 743. The maximum Gasteiger partial charge on any atom is 0.573 e. The number of thiazole rings is 1. The minimum Gasteiger partial charge on any atom is -0.405 e. The van der Waals surface area contributed by atoms with Crippen molar-refractivity contribution in [3.8, 4) is 5.75 Å². The number of halogens is 3. The highest BCUT2D eigenvalue weighted by atomic mass is 32.1. The fourth-order valence-electron chi connectivity index (χ4n) is 2.62. The lowest BCUT2D eigenvalue weighted by Crippen LogP contribution is -2.51. The molecule has 0 amide bonds. The van der Waals surface area contributed by atoms with Crippen molar-refractivity contribution in [3.05, 3.63) is 41.4 Å². The molecule has 0 unspecified atom stereocenters. The minimum absolute atomic E-state index is 0.0186. The molecule has 10 heteroatoms. The quantitative estimate of drug-likeness (QED) is 0.648. The standard InChI is InChI=1S/C16H18F3N5OS/c17-16(18,19)25-13-4-2-1-3-12(13)11-22-14(20)23-6-8-24(9-7-23)15-21-5-10-26-15/h1-5,10H,6-9,11H2,(H2,20,22). The molecule has 0 bridgehead atoms. The first-order chi connectivity index (χ1) is 12.4. The molecule has 1 fully saturated rings. The normalized spacial score (nSPS) is 16.0. The molecule has 3 rings (SSSR count). The first-order valence-corrected chi connectivity index (χ1v) is 8.83. The summed E-state index contributed by atoms with van der Waals surface area (Å²) in [7, 11) is 0. The molecule has 1 aromatic heterocycles. The molecule has 2 heterocycles. The van der Waals surface area contributed by atoms with Crippen LogP contribution in [0.1, 0.15) is 5.56 Å². The van der Waals surface area contributed by atoms with Crippen LogP contribution in [0.3, 0.4) is 0 Å². The summed E-state index contributed by atoms with van der Waals surface area (Å²) in [5.74, 6) is 0.0516. The number of para-hydroxylation sites is 1. The summed E-state index contributed by atoms with van der Waals surface area (Å²) in [6.45, 7) is 2.89. The van der Waals surface area contributed by atoms with Gasteiger partial charge in [-0.15, -0.1) is 24.5 Å². The van der Waals surface area contributed by atoms with Crippen LogP contribution >= 0.6 is 11.3 Å². The summed E-state index contributed by atoms with van der Waals surface area (Å²) >= 11 is 1.58. The molecule has 2 aromatic rings. The molecule has 2 N–H and O–H groups in total. The Morgan fingerprint density at radius 1 is 1.23 bits per heavy atom. The molecule has 0 radical (unpaired) electrons. The minimum atomic E-state index is -4.74. The number of nitrogens with zero attached hydrogens (tertiary/aromatic N) is 4. The van der Waals surface area contributed by atoms with Crippen molar-refractivity contribution in [2.24, 2.45) is 10.7 Å². The first kappa shape index (κ1) is 18.3. The number of alkyl halides is 3. The molecule has 140 valence electrons. The maximum atomic E-state index is 12.5. The Hall–Kier alpha value is -2.49. The van der Waals surface area contributed by atoms with Crippen molar-refractivity contribution in [3.63, 3.8) is 0 Å². The molecular formula is C16H18F3N5OS. The van der Waals surface area contributed by atoms with E-state index >= 15 is 0 Å². The van der Waals surface area contributed by atoms with Crippen LogP contribution in [0.25, 0.3) is 0 Å². The lowest BCUT2D eigenvalue weighted by Gasteiger charge is -2.35. The summed E-state index contributed by atoms with van der Waals surface area (Å²) in [6, 6.07) is 5.92. The molecule has 0 saturated carbocycles.